The monoisotopic (exact) mass is 654 g/mol. The van der Waals surface area contributed by atoms with Crippen molar-refractivity contribution < 1.29 is 44.3 Å². The van der Waals surface area contributed by atoms with Crippen LogP contribution in [-0.2, 0) is 9.53 Å². The van der Waals surface area contributed by atoms with Gasteiger partial charge in [0, 0.05) is 41.6 Å². The van der Waals surface area contributed by atoms with E-state index in [-0.39, 0.29) is 22.6 Å². The highest BCUT2D eigenvalue weighted by Crippen LogP contribution is 2.34. The van der Waals surface area contributed by atoms with Crippen LogP contribution in [0.25, 0.3) is 0 Å². The Morgan fingerprint density at radius 2 is 1.57 bits per heavy atom. The van der Waals surface area contributed by atoms with Gasteiger partial charge in [-0.3, -0.25) is 9.59 Å². The number of aliphatic hydroxyl groups is 3. The number of carboxylic acids is 1. The van der Waals surface area contributed by atoms with Crippen LogP contribution in [0.3, 0.4) is 0 Å². The smallest absolute Gasteiger partial charge is 0.335 e. The number of likely N-dealkylation sites (N-methyl/N-ethyl adjacent to an activating group) is 1. The number of carbonyl (C=O) groups excluding carboxylic acids is 2. The van der Waals surface area contributed by atoms with E-state index in [4.69, 9.17) is 21.1 Å². The third-order valence-electron chi connectivity index (χ3n) is 7.88. The number of benzene rings is 3. The minimum atomic E-state index is -1.93. The minimum absolute atomic E-state index is 0.0354. The molecule has 6 N–H and O–H groups in total. The minimum Gasteiger partial charge on any atom is -0.479 e. The molecule has 0 bridgehead atoms. The first-order chi connectivity index (χ1) is 22.0. The van der Waals surface area contributed by atoms with Crippen molar-refractivity contribution in [1.82, 2.24) is 4.90 Å². The van der Waals surface area contributed by atoms with Crippen LogP contribution in [0.2, 0.25) is 5.02 Å². The number of hydrogen-bond acceptors (Lipinski definition) is 10. The van der Waals surface area contributed by atoms with Gasteiger partial charge in [0.2, 0.25) is 6.29 Å². The van der Waals surface area contributed by atoms with Crippen molar-refractivity contribution >= 4 is 46.4 Å². The summed E-state index contributed by atoms with van der Waals surface area (Å²) in [6.45, 7) is 3.66. The van der Waals surface area contributed by atoms with Crippen molar-refractivity contribution in [2.75, 3.05) is 48.8 Å². The molecule has 2 aliphatic rings. The number of anilines is 3. The summed E-state index contributed by atoms with van der Waals surface area (Å²) in [4.78, 5) is 43.2. The van der Waals surface area contributed by atoms with Gasteiger partial charge in [-0.1, -0.05) is 17.7 Å². The molecular formula is C32H35ClN4O9. The van der Waals surface area contributed by atoms with Crippen LogP contribution >= 0.6 is 11.6 Å². The first kappa shape index (κ1) is 33.1. The number of nitrogens with one attached hydrogen (secondary N) is 2. The molecule has 5 atom stereocenters. The maximum absolute atomic E-state index is 13.6. The van der Waals surface area contributed by atoms with E-state index in [1.165, 1.54) is 18.2 Å². The van der Waals surface area contributed by atoms with Crippen molar-refractivity contribution in [1.29, 1.82) is 0 Å². The quantitative estimate of drug-likeness (QED) is 0.210. The Kier molecular flexibility index (Phi) is 10.4. The summed E-state index contributed by atoms with van der Waals surface area (Å²) >= 11 is 5.96. The molecule has 2 saturated heterocycles. The number of carbonyl (C=O) groups is 3. The summed E-state index contributed by atoms with van der Waals surface area (Å²) in [6, 6.07) is 17.6. The Labute approximate surface area is 269 Å². The fourth-order valence-corrected chi connectivity index (χ4v) is 5.39. The molecule has 0 unspecified atom stereocenters. The first-order valence-corrected chi connectivity index (χ1v) is 15.0. The van der Waals surface area contributed by atoms with Gasteiger partial charge in [0.05, 0.1) is 11.3 Å². The number of ether oxygens (including phenoxy) is 2. The number of aliphatic hydroxyl groups excluding tert-OH is 3. The number of nitrogens with zero attached hydrogens (tertiary/aromatic N) is 2. The molecule has 0 saturated carbocycles. The molecule has 2 amide bonds. The molecule has 244 valence electrons. The van der Waals surface area contributed by atoms with Crippen LogP contribution in [0.1, 0.15) is 27.1 Å². The molecule has 0 aliphatic carbocycles. The Hall–Kier alpha value is -4.24. The normalized spacial score (nSPS) is 23.7. The zero-order chi connectivity index (χ0) is 33.0. The van der Waals surface area contributed by atoms with Gasteiger partial charge in [-0.05, 0) is 80.7 Å². The number of aliphatic carboxylic acids is 1. The molecular weight excluding hydrogens is 620 g/mol. The van der Waals surface area contributed by atoms with Crippen LogP contribution in [0.4, 0.5) is 17.1 Å². The SMILES string of the molecule is CN1CCCN(c2ccc(C(=O)Nc3c(O[C@@H]4O[C@H](C(=O)O)[C@@H](O)[C@H](O)[C@H]4O)cccc3C(=O)Nc3ccc(Cl)cc3)cc2)CC1. The highest BCUT2D eigenvalue weighted by molar-refractivity contribution is 6.30. The van der Waals surface area contributed by atoms with Gasteiger partial charge in [-0.25, -0.2) is 4.79 Å². The number of amides is 2. The third kappa shape index (κ3) is 7.58. The molecule has 5 rings (SSSR count). The molecule has 13 nitrogen and oxygen atoms in total. The lowest BCUT2D eigenvalue weighted by molar-refractivity contribution is -0.271. The summed E-state index contributed by atoms with van der Waals surface area (Å²) in [5, 5.41) is 46.2. The fraction of sp³-hybridized carbons (Fsp3) is 0.344. The number of halogens is 1. The van der Waals surface area contributed by atoms with Gasteiger partial charge in [-0.2, -0.15) is 0 Å². The van der Waals surface area contributed by atoms with Crippen LogP contribution in [-0.4, -0.2) is 107 Å². The molecule has 3 aromatic carbocycles. The van der Waals surface area contributed by atoms with E-state index < -0.39 is 48.5 Å². The maximum atomic E-state index is 13.6. The van der Waals surface area contributed by atoms with Crippen molar-refractivity contribution in [3.63, 3.8) is 0 Å². The number of rotatable bonds is 8. The maximum Gasteiger partial charge on any atom is 0.335 e. The topological polar surface area (TPSA) is 181 Å². The predicted molar refractivity (Wildman–Crippen MR) is 170 cm³/mol. The second-order valence-electron chi connectivity index (χ2n) is 11.1. The van der Waals surface area contributed by atoms with E-state index in [2.05, 4.69) is 27.5 Å². The van der Waals surface area contributed by atoms with Crippen LogP contribution in [0.15, 0.2) is 66.7 Å². The van der Waals surface area contributed by atoms with Gasteiger partial charge in [0.25, 0.3) is 11.8 Å². The molecule has 0 radical (unpaired) electrons. The van der Waals surface area contributed by atoms with Gasteiger partial charge in [-0.15, -0.1) is 0 Å². The molecule has 0 spiro atoms. The van der Waals surface area contributed by atoms with Crippen molar-refractivity contribution in [3.8, 4) is 5.75 Å². The lowest BCUT2D eigenvalue weighted by atomic mass is 9.99. The number of hydrogen-bond donors (Lipinski definition) is 6. The molecule has 0 aromatic heterocycles. The summed E-state index contributed by atoms with van der Waals surface area (Å²) in [6.07, 6.45) is -8.40. The van der Waals surface area contributed by atoms with Crippen molar-refractivity contribution in [2.24, 2.45) is 0 Å². The van der Waals surface area contributed by atoms with E-state index in [1.807, 2.05) is 12.1 Å². The van der Waals surface area contributed by atoms with Crippen LogP contribution in [0, 0.1) is 0 Å². The molecule has 2 heterocycles. The van der Waals surface area contributed by atoms with E-state index in [0.717, 1.165) is 38.3 Å². The molecule has 2 fully saturated rings. The Bertz CT molecular complexity index is 1560. The highest BCUT2D eigenvalue weighted by atomic mass is 35.5. The summed E-state index contributed by atoms with van der Waals surface area (Å²) in [5.74, 6) is -2.97. The number of para-hydroxylation sites is 1. The van der Waals surface area contributed by atoms with E-state index in [9.17, 15) is 34.8 Å². The van der Waals surface area contributed by atoms with E-state index >= 15 is 0 Å². The second kappa shape index (κ2) is 14.5. The Balaban J connectivity index is 1.43. The highest BCUT2D eigenvalue weighted by Gasteiger charge is 2.48. The standard InChI is InChI=1S/C32H35ClN4O9/c1-36-14-3-15-37(17-16-36)21-12-6-18(7-13-21)29(41)35-24-22(30(42)34-20-10-8-19(33)9-11-20)4-2-5-23(24)45-32-27(40)25(38)26(39)28(46-32)31(43)44/h2,4-13,25-28,32,38-40H,3,14-17H2,1H3,(H,34,42)(H,35,41)(H,43,44)/t25-,26-,27+,28-,32+/m0/s1. The first-order valence-electron chi connectivity index (χ1n) is 14.7. The Morgan fingerprint density at radius 1 is 0.848 bits per heavy atom. The number of carboxylic acid groups (broad SMARTS) is 1. The largest absolute Gasteiger partial charge is 0.479 e. The van der Waals surface area contributed by atoms with Crippen molar-refractivity contribution in [3.05, 3.63) is 82.9 Å². The third-order valence-corrected chi connectivity index (χ3v) is 8.13. The van der Waals surface area contributed by atoms with Gasteiger partial charge >= 0.3 is 5.97 Å². The summed E-state index contributed by atoms with van der Waals surface area (Å²) in [7, 11) is 2.08. The zero-order valence-corrected chi connectivity index (χ0v) is 25.6. The van der Waals surface area contributed by atoms with E-state index in [0.29, 0.717) is 10.7 Å². The lowest BCUT2D eigenvalue weighted by Crippen LogP contribution is -2.61. The summed E-state index contributed by atoms with van der Waals surface area (Å²) < 4.78 is 11.1. The van der Waals surface area contributed by atoms with Gasteiger partial charge < -0.3 is 50.3 Å². The van der Waals surface area contributed by atoms with Crippen molar-refractivity contribution in [2.45, 2.75) is 37.1 Å². The fourth-order valence-electron chi connectivity index (χ4n) is 5.27. The van der Waals surface area contributed by atoms with Gasteiger partial charge in [0.15, 0.2) is 6.10 Å². The molecule has 46 heavy (non-hydrogen) atoms. The zero-order valence-electron chi connectivity index (χ0n) is 24.9. The Morgan fingerprint density at radius 3 is 2.26 bits per heavy atom. The predicted octanol–water partition coefficient (Wildman–Crippen LogP) is 2.26. The van der Waals surface area contributed by atoms with Crippen LogP contribution < -0.4 is 20.3 Å². The second-order valence-corrected chi connectivity index (χ2v) is 11.6. The lowest BCUT2D eigenvalue weighted by Gasteiger charge is -2.38. The van der Waals surface area contributed by atoms with Gasteiger partial charge in [0.1, 0.15) is 24.1 Å². The molecule has 3 aromatic rings. The molecule has 2 aliphatic heterocycles. The molecule has 14 heteroatoms. The average Bonchev–Trinajstić information content (AvgIpc) is 3.27. The van der Waals surface area contributed by atoms with Crippen LogP contribution in [0.5, 0.6) is 5.75 Å². The summed E-state index contributed by atoms with van der Waals surface area (Å²) in [5.41, 5.74) is 1.53. The van der Waals surface area contributed by atoms with E-state index in [1.54, 1.807) is 36.4 Å². The average molecular weight is 655 g/mol.